The van der Waals surface area contributed by atoms with E-state index in [0.29, 0.717) is 22.0 Å². The van der Waals surface area contributed by atoms with Gasteiger partial charge < -0.3 is 10.1 Å². The van der Waals surface area contributed by atoms with Gasteiger partial charge in [-0.05, 0) is 30.3 Å². The highest BCUT2D eigenvalue weighted by molar-refractivity contribution is 6.29. The van der Waals surface area contributed by atoms with Crippen LogP contribution in [0.3, 0.4) is 0 Å². The predicted molar refractivity (Wildman–Crippen MR) is 74.3 cm³/mol. The van der Waals surface area contributed by atoms with Gasteiger partial charge in [0.05, 0.1) is 12.7 Å². The molecule has 0 radical (unpaired) electrons. The van der Waals surface area contributed by atoms with Crippen molar-refractivity contribution < 1.29 is 13.9 Å². The van der Waals surface area contributed by atoms with Crippen LogP contribution in [-0.4, -0.2) is 18.1 Å². The summed E-state index contributed by atoms with van der Waals surface area (Å²) in [7, 11) is 1.28. The summed E-state index contributed by atoms with van der Waals surface area (Å²) >= 11 is 5.76. The SMILES string of the molecule is COC(=O)c1ccc(F)c(CNc2ccnc(Cl)c2)c1. The molecule has 20 heavy (non-hydrogen) atoms. The number of rotatable bonds is 4. The van der Waals surface area contributed by atoms with E-state index in [1.807, 2.05) is 0 Å². The second-order valence-corrected chi connectivity index (χ2v) is 4.41. The number of ether oxygens (including phenoxy) is 1. The number of nitrogens with zero attached hydrogens (tertiary/aromatic N) is 1. The minimum absolute atomic E-state index is 0.219. The van der Waals surface area contributed by atoms with Crippen LogP contribution in [-0.2, 0) is 11.3 Å². The molecule has 0 spiro atoms. The highest BCUT2D eigenvalue weighted by Gasteiger charge is 2.09. The van der Waals surface area contributed by atoms with Crippen molar-refractivity contribution in [1.82, 2.24) is 4.98 Å². The number of benzene rings is 1. The molecule has 4 nitrogen and oxygen atoms in total. The lowest BCUT2D eigenvalue weighted by Crippen LogP contribution is -2.06. The number of carbonyl (C=O) groups excluding carboxylic acids is 1. The fourth-order valence-electron chi connectivity index (χ4n) is 1.66. The summed E-state index contributed by atoms with van der Waals surface area (Å²) in [5.74, 6) is -0.900. The van der Waals surface area contributed by atoms with Crippen LogP contribution < -0.4 is 5.32 Å². The van der Waals surface area contributed by atoms with E-state index in [9.17, 15) is 9.18 Å². The second-order valence-electron chi connectivity index (χ2n) is 4.02. The number of esters is 1. The molecule has 2 aromatic rings. The molecule has 0 fully saturated rings. The zero-order valence-electron chi connectivity index (χ0n) is 10.7. The third kappa shape index (κ3) is 3.45. The number of nitrogens with one attached hydrogen (secondary N) is 1. The van der Waals surface area contributed by atoms with E-state index in [2.05, 4.69) is 15.0 Å². The van der Waals surface area contributed by atoms with Gasteiger partial charge >= 0.3 is 5.97 Å². The maximum Gasteiger partial charge on any atom is 0.337 e. The summed E-state index contributed by atoms with van der Waals surface area (Å²) in [6.07, 6.45) is 1.55. The number of anilines is 1. The van der Waals surface area contributed by atoms with Crippen LogP contribution in [0.5, 0.6) is 0 Å². The molecule has 0 atom stereocenters. The topological polar surface area (TPSA) is 51.2 Å². The molecule has 1 aromatic heterocycles. The molecule has 0 saturated carbocycles. The molecule has 0 amide bonds. The smallest absolute Gasteiger partial charge is 0.337 e. The summed E-state index contributed by atoms with van der Waals surface area (Å²) in [5.41, 5.74) is 1.38. The van der Waals surface area contributed by atoms with Gasteiger partial charge in [-0.25, -0.2) is 14.2 Å². The Morgan fingerprint density at radius 3 is 2.90 bits per heavy atom. The molecule has 0 aliphatic heterocycles. The number of carbonyl (C=O) groups is 1. The molecule has 2 rings (SSSR count). The minimum atomic E-state index is -0.502. The Morgan fingerprint density at radius 1 is 1.40 bits per heavy atom. The summed E-state index contributed by atoms with van der Waals surface area (Å²) in [6.45, 7) is 0.219. The molecule has 0 unspecified atom stereocenters. The van der Waals surface area contributed by atoms with Crippen LogP contribution in [0.1, 0.15) is 15.9 Å². The molecule has 1 heterocycles. The van der Waals surface area contributed by atoms with Crippen LogP contribution in [0.4, 0.5) is 10.1 Å². The standard InChI is InChI=1S/C14H12ClFN2O2/c1-20-14(19)9-2-3-12(16)10(6-9)8-18-11-4-5-17-13(15)7-11/h2-7H,8H2,1H3,(H,17,18). The van der Waals surface area contributed by atoms with Crippen LogP contribution in [0.25, 0.3) is 0 Å². The zero-order valence-corrected chi connectivity index (χ0v) is 11.4. The van der Waals surface area contributed by atoms with Crippen molar-refractivity contribution in [2.45, 2.75) is 6.54 Å². The highest BCUT2D eigenvalue weighted by Crippen LogP contribution is 2.16. The average molecular weight is 295 g/mol. The molecule has 1 aromatic carbocycles. The second kappa shape index (κ2) is 6.34. The van der Waals surface area contributed by atoms with E-state index in [1.165, 1.54) is 25.3 Å². The molecular weight excluding hydrogens is 283 g/mol. The summed E-state index contributed by atoms with van der Waals surface area (Å²) in [6, 6.07) is 7.42. The van der Waals surface area contributed by atoms with Crippen LogP contribution in [0.2, 0.25) is 5.15 Å². The van der Waals surface area contributed by atoms with Crippen LogP contribution >= 0.6 is 11.6 Å². The third-order valence-electron chi connectivity index (χ3n) is 2.68. The first kappa shape index (κ1) is 14.3. The summed E-state index contributed by atoms with van der Waals surface area (Å²) in [4.78, 5) is 15.3. The Labute approximate surface area is 120 Å². The normalized spacial score (nSPS) is 10.2. The first-order valence-corrected chi connectivity index (χ1v) is 6.20. The highest BCUT2D eigenvalue weighted by atomic mass is 35.5. The molecule has 104 valence electrons. The molecule has 0 bridgehead atoms. The van der Waals surface area contributed by atoms with Gasteiger partial charge in [0.15, 0.2) is 0 Å². The van der Waals surface area contributed by atoms with Crippen molar-refractivity contribution in [3.63, 3.8) is 0 Å². The predicted octanol–water partition coefficient (Wildman–Crippen LogP) is 3.27. The van der Waals surface area contributed by atoms with E-state index in [0.717, 1.165) is 0 Å². The maximum absolute atomic E-state index is 13.7. The summed E-state index contributed by atoms with van der Waals surface area (Å²) in [5, 5.41) is 3.36. The monoisotopic (exact) mass is 294 g/mol. The van der Waals surface area contributed by atoms with Crippen molar-refractivity contribution in [1.29, 1.82) is 0 Å². The third-order valence-corrected chi connectivity index (χ3v) is 2.88. The molecule has 0 aliphatic carbocycles. The fraction of sp³-hybridized carbons (Fsp3) is 0.143. The van der Waals surface area contributed by atoms with Crippen LogP contribution in [0.15, 0.2) is 36.5 Å². The molecule has 0 saturated heterocycles. The van der Waals surface area contributed by atoms with Gasteiger partial charge in [-0.15, -0.1) is 0 Å². The number of hydrogen-bond donors (Lipinski definition) is 1. The van der Waals surface area contributed by atoms with Gasteiger partial charge in [-0.2, -0.15) is 0 Å². The summed E-state index contributed by atoms with van der Waals surface area (Å²) < 4.78 is 18.3. The maximum atomic E-state index is 13.7. The Hall–Kier alpha value is -2.14. The molecule has 1 N–H and O–H groups in total. The van der Waals surface area contributed by atoms with Crippen molar-refractivity contribution >= 4 is 23.3 Å². The fourth-order valence-corrected chi connectivity index (χ4v) is 1.84. The van der Waals surface area contributed by atoms with Crippen molar-refractivity contribution in [2.24, 2.45) is 0 Å². The number of methoxy groups -OCH3 is 1. The lowest BCUT2D eigenvalue weighted by Gasteiger charge is -2.09. The lowest BCUT2D eigenvalue weighted by molar-refractivity contribution is 0.0600. The molecule has 0 aliphatic rings. The Kier molecular flexibility index (Phi) is 4.53. The first-order valence-electron chi connectivity index (χ1n) is 5.82. The van der Waals surface area contributed by atoms with E-state index in [-0.39, 0.29) is 6.54 Å². The van der Waals surface area contributed by atoms with E-state index in [4.69, 9.17) is 11.6 Å². The van der Waals surface area contributed by atoms with Gasteiger partial charge in [0.2, 0.25) is 0 Å². The number of hydrogen-bond acceptors (Lipinski definition) is 4. The van der Waals surface area contributed by atoms with Crippen LogP contribution in [0, 0.1) is 5.82 Å². The van der Waals surface area contributed by atoms with E-state index in [1.54, 1.807) is 18.3 Å². The van der Waals surface area contributed by atoms with Gasteiger partial charge in [-0.1, -0.05) is 11.6 Å². The number of halogens is 2. The first-order chi connectivity index (χ1) is 9.60. The van der Waals surface area contributed by atoms with Gasteiger partial charge in [0.25, 0.3) is 0 Å². The van der Waals surface area contributed by atoms with Gasteiger partial charge in [0, 0.05) is 24.0 Å². The van der Waals surface area contributed by atoms with Crippen molar-refractivity contribution in [3.8, 4) is 0 Å². The van der Waals surface area contributed by atoms with Gasteiger partial charge in [0.1, 0.15) is 11.0 Å². The van der Waals surface area contributed by atoms with Crippen molar-refractivity contribution in [2.75, 3.05) is 12.4 Å². The van der Waals surface area contributed by atoms with Gasteiger partial charge in [-0.3, -0.25) is 0 Å². The molecule has 6 heteroatoms. The Morgan fingerprint density at radius 2 is 2.20 bits per heavy atom. The Bertz CT molecular complexity index is 634. The van der Waals surface area contributed by atoms with E-state index >= 15 is 0 Å². The quantitative estimate of drug-likeness (QED) is 0.694. The number of aromatic nitrogens is 1. The Balaban J connectivity index is 2.14. The molecular formula is C14H12ClFN2O2. The minimum Gasteiger partial charge on any atom is -0.465 e. The van der Waals surface area contributed by atoms with E-state index < -0.39 is 11.8 Å². The van der Waals surface area contributed by atoms with Crippen molar-refractivity contribution in [3.05, 3.63) is 58.6 Å². The number of pyridine rings is 1. The largest absolute Gasteiger partial charge is 0.465 e. The lowest BCUT2D eigenvalue weighted by atomic mass is 10.1. The average Bonchev–Trinajstić information content (AvgIpc) is 2.45. The zero-order chi connectivity index (χ0) is 14.5.